The second kappa shape index (κ2) is 7.27. The van der Waals surface area contributed by atoms with Gasteiger partial charge < -0.3 is 5.32 Å². The summed E-state index contributed by atoms with van der Waals surface area (Å²) in [6, 6.07) is 10.4. The molecule has 0 atom stereocenters. The van der Waals surface area contributed by atoms with Crippen LogP contribution in [0.1, 0.15) is 21.5 Å². The Morgan fingerprint density at radius 3 is 2.72 bits per heavy atom. The number of pyridine rings is 1. The Kier molecular flexibility index (Phi) is 4.90. The van der Waals surface area contributed by atoms with E-state index in [1.54, 1.807) is 36.7 Å². The van der Waals surface area contributed by atoms with E-state index in [4.69, 9.17) is 11.6 Å². The van der Waals surface area contributed by atoms with Gasteiger partial charge in [0, 0.05) is 29.5 Å². The van der Waals surface area contributed by atoms with Crippen molar-refractivity contribution >= 4 is 17.5 Å². The zero-order valence-corrected chi connectivity index (χ0v) is 14.2. The molecule has 0 aliphatic heterocycles. The van der Waals surface area contributed by atoms with Crippen LogP contribution >= 0.6 is 11.6 Å². The lowest BCUT2D eigenvalue weighted by atomic mass is 10.1. The molecule has 0 aliphatic carbocycles. The molecule has 25 heavy (non-hydrogen) atoms. The molecule has 7 heteroatoms. The third-order valence-electron chi connectivity index (χ3n) is 3.77. The van der Waals surface area contributed by atoms with Crippen molar-refractivity contribution in [1.82, 2.24) is 20.5 Å². The van der Waals surface area contributed by atoms with E-state index in [0.29, 0.717) is 10.7 Å². The van der Waals surface area contributed by atoms with Crippen molar-refractivity contribution in [3.63, 3.8) is 0 Å². The highest BCUT2D eigenvalue weighted by molar-refractivity contribution is 6.30. The molecule has 3 rings (SSSR count). The molecule has 0 spiro atoms. The van der Waals surface area contributed by atoms with Crippen molar-refractivity contribution < 1.29 is 4.79 Å². The molecule has 6 nitrogen and oxygen atoms in total. The quantitative estimate of drug-likeness (QED) is 0.754. The summed E-state index contributed by atoms with van der Waals surface area (Å²) < 4.78 is 0. The first kappa shape index (κ1) is 16.9. The van der Waals surface area contributed by atoms with Crippen molar-refractivity contribution in [2.24, 2.45) is 0 Å². The summed E-state index contributed by atoms with van der Waals surface area (Å²) in [5, 5.41) is 9.67. The van der Waals surface area contributed by atoms with E-state index in [-0.39, 0.29) is 12.1 Å². The first-order valence-electron chi connectivity index (χ1n) is 7.58. The van der Waals surface area contributed by atoms with Crippen molar-refractivity contribution in [3.05, 3.63) is 80.9 Å². The van der Waals surface area contributed by atoms with Gasteiger partial charge in [-0.05, 0) is 48.4 Å². The maximum absolute atomic E-state index is 12.4. The number of aromatic amines is 1. The Bertz CT molecular complexity index is 970. The molecule has 0 radical (unpaired) electrons. The summed E-state index contributed by atoms with van der Waals surface area (Å²) >= 11 is 5.98. The fourth-order valence-corrected chi connectivity index (χ4v) is 2.54. The van der Waals surface area contributed by atoms with E-state index in [9.17, 15) is 9.59 Å². The first-order valence-corrected chi connectivity index (χ1v) is 7.96. The third-order valence-corrected chi connectivity index (χ3v) is 4.01. The predicted octanol–water partition coefficient (Wildman–Crippen LogP) is 2.72. The average molecular weight is 355 g/mol. The second-order valence-corrected chi connectivity index (χ2v) is 5.92. The van der Waals surface area contributed by atoms with Gasteiger partial charge in [0.05, 0.1) is 5.69 Å². The fourth-order valence-electron chi connectivity index (χ4n) is 2.35. The number of hydrogen-bond donors (Lipinski definition) is 2. The van der Waals surface area contributed by atoms with Gasteiger partial charge in [-0.25, -0.2) is 5.10 Å². The van der Waals surface area contributed by atoms with Crippen molar-refractivity contribution in [3.8, 4) is 11.3 Å². The van der Waals surface area contributed by atoms with Crippen molar-refractivity contribution in [2.45, 2.75) is 13.5 Å². The van der Waals surface area contributed by atoms with Crippen LogP contribution in [0.15, 0.2) is 53.6 Å². The van der Waals surface area contributed by atoms with E-state index in [2.05, 4.69) is 20.5 Å². The zero-order chi connectivity index (χ0) is 17.8. The molecule has 0 unspecified atom stereocenters. The van der Waals surface area contributed by atoms with Gasteiger partial charge in [0.15, 0.2) is 0 Å². The Hall–Kier alpha value is -2.99. The lowest BCUT2D eigenvalue weighted by Gasteiger charge is -2.09. The molecule has 1 amide bonds. The SMILES string of the molecule is Cc1ccc(Cl)cc1CNC(=O)c1cc(-c2ccncc2)n[nH]c1=O. The van der Waals surface area contributed by atoms with Gasteiger partial charge in [0.1, 0.15) is 5.56 Å². The number of aromatic nitrogens is 3. The van der Waals surface area contributed by atoms with Crippen LogP contribution in [-0.2, 0) is 6.54 Å². The molecule has 2 heterocycles. The van der Waals surface area contributed by atoms with Crippen molar-refractivity contribution in [2.75, 3.05) is 0 Å². The molecule has 1 aromatic carbocycles. The molecule has 3 aromatic rings. The van der Waals surface area contributed by atoms with Crippen LogP contribution in [0.2, 0.25) is 5.02 Å². The highest BCUT2D eigenvalue weighted by Crippen LogP contribution is 2.16. The van der Waals surface area contributed by atoms with Gasteiger partial charge in [0.25, 0.3) is 11.5 Å². The number of halogens is 1. The van der Waals surface area contributed by atoms with Crippen LogP contribution in [-0.4, -0.2) is 21.1 Å². The maximum Gasteiger partial charge on any atom is 0.277 e. The Balaban J connectivity index is 1.82. The van der Waals surface area contributed by atoms with E-state index < -0.39 is 11.5 Å². The number of aryl methyl sites for hydroxylation is 1. The smallest absolute Gasteiger partial charge is 0.277 e. The largest absolute Gasteiger partial charge is 0.348 e. The van der Waals surface area contributed by atoms with Crippen molar-refractivity contribution in [1.29, 1.82) is 0 Å². The van der Waals surface area contributed by atoms with Gasteiger partial charge in [-0.1, -0.05) is 17.7 Å². The van der Waals surface area contributed by atoms with Crippen LogP contribution in [0.25, 0.3) is 11.3 Å². The molecule has 0 fully saturated rings. The number of benzene rings is 1. The van der Waals surface area contributed by atoms with Crippen LogP contribution < -0.4 is 10.9 Å². The molecule has 2 aromatic heterocycles. The summed E-state index contributed by atoms with van der Waals surface area (Å²) in [6.45, 7) is 2.20. The topological polar surface area (TPSA) is 87.7 Å². The van der Waals surface area contributed by atoms with E-state index in [1.807, 2.05) is 13.0 Å². The van der Waals surface area contributed by atoms with Gasteiger partial charge in [-0.2, -0.15) is 5.10 Å². The number of nitrogens with zero attached hydrogens (tertiary/aromatic N) is 2. The molecular formula is C18H15ClN4O2. The standard InChI is InChI=1S/C18H15ClN4O2/c1-11-2-3-14(19)8-13(11)10-21-17(24)15-9-16(22-23-18(15)25)12-4-6-20-7-5-12/h2-9H,10H2,1H3,(H,21,24)(H,23,25). The third kappa shape index (κ3) is 3.92. The number of H-pyrrole nitrogens is 1. The highest BCUT2D eigenvalue weighted by Gasteiger charge is 2.13. The Morgan fingerprint density at radius 1 is 1.20 bits per heavy atom. The lowest BCUT2D eigenvalue weighted by molar-refractivity contribution is 0.0949. The average Bonchev–Trinajstić information content (AvgIpc) is 2.63. The van der Waals surface area contributed by atoms with Crippen LogP contribution in [0, 0.1) is 6.92 Å². The predicted molar refractivity (Wildman–Crippen MR) is 95.4 cm³/mol. The van der Waals surface area contributed by atoms with Gasteiger partial charge in [-0.15, -0.1) is 0 Å². The summed E-state index contributed by atoms with van der Waals surface area (Å²) in [7, 11) is 0. The van der Waals surface area contributed by atoms with E-state index >= 15 is 0 Å². The summed E-state index contributed by atoms with van der Waals surface area (Å²) in [5.74, 6) is -0.474. The van der Waals surface area contributed by atoms with Crippen LogP contribution in [0.3, 0.4) is 0 Å². The number of carbonyl (C=O) groups excluding carboxylic acids is 1. The number of rotatable bonds is 4. The number of amides is 1. The summed E-state index contributed by atoms with van der Waals surface area (Å²) in [4.78, 5) is 28.3. The monoisotopic (exact) mass is 354 g/mol. The first-order chi connectivity index (χ1) is 12.0. The van der Waals surface area contributed by atoms with Gasteiger partial charge in [0.2, 0.25) is 0 Å². The zero-order valence-electron chi connectivity index (χ0n) is 13.4. The van der Waals surface area contributed by atoms with Crippen LogP contribution in [0.5, 0.6) is 0 Å². The molecule has 0 bridgehead atoms. The molecule has 0 aliphatic rings. The highest BCUT2D eigenvalue weighted by atomic mass is 35.5. The fraction of sp³-hybridized carbons (Fsp3) is 0.111. The second-order valence-electron chi connectivity index (χ2n) is 5.49. The van der Waals surface area contributed by atoms with E-state index in [1.165, 1.54) is 6.07 Å². The Labute approximate surface area is 148 Å². The lowest BCUT2D eigenvalue weighted by Crippen LogP contribution is -2.30. The minimum atomic E-state index is -0.543. The Morgan fingerprint density at radius 2 is 1.96 bits per heavy atom. The summed E-state index contributed by atoms with van der Waals surface area (Å²) in [5.41, 5.74) is 2.60. The molecular weight excluding hydrogens is 340 g/mol. The minimum absolute atomic E-state index is 0.00138. The summed E-state index contributed by atoms with van der Waals surface area (Å²) in [6.07, 6.45) is 3.23. The number of carbonyl (C=O) groups is 1. The normalized spacial score (nSPS) is 10.5. The van der Waals surface area contributed by atoms with E-state index in [0.717, 1.165) is 16.7 Å². The number of hydrogen-bond acceptors (Lipinski definition) is 4. The van der Waals surface area contributed by atoms with Crippen LogP contribution in [0.4, 0.5) is 0 Å². The van der Waals surface area contributed by atoms with Gasteiger partial charge in [-0.3, -0.25) is 14.6 Å². The molecule has 126 valence electrons. The number of nitrogens with one attached hydrogen (secondary N) is 2. The van der Waals surface area contributed by atoms with Gasteiger partial charge >= 0.3 is 0 Å². The molecule has 2 N–H and O–H groups in total. The molecule has 0 saturated carbocycles. The maximum atomic E-state index is 12.4. The minimum Gasteiger partial charge on any atom is -0.348 e. The molecule has 0 saturated heterocycles.